The lowest BCUT2D eigenvalue weighted by Gasteiger charge is -2.40. The molecule has 2 amide bonds. The highest BCUT2D eigenvalue weighted by molar-refractivity contribution is 14.1. The maximum Gasteiger partial charge on any atom is 0.290 e. The lowest BCUT2D eigenvalue weighted by molar-refractivity contribution is -0.149. The maximum absolute atomic E-state index is 13.4. The van der Waals surface area contributed by atoms with E-state index in [1.54, 1.807) is 31.2 Å². The fraction of sp³-hybridized carbons (Fsp3) is 0.393. The van der Waals surface area contributed by atoms with Crippen LogP contribution < -0.4 is 14.8 Å². The van der Waals surface area contributed by atoms with E-state index in [0.717, 1.165) is 0 Å². The van der Waals surface area contributed by atoms with Gasteiger partial charge in [-0.05, 0) is 64.1 Å². The van der Waals surface area contributed by atoms with E-state index in [1.165, 1.54) is 24.2 Å². The highest BCUT2D eigenvalue weighted by atomic mass is 127. The van der Waals surface area contributed by atoms with Crippen molar-refractivity contribution in [3.05, 3.63) is 66.7 Å². The maximum atomic E-state index is 13.4. The Labute approximate surface area is 261 Å². The second-order valence-corrected chi connectivity index (χ2v) is 11.2. The van der Waals surface area contributed by atoms with Gasteiger partial charge in [-0.1, -0.05) is 36.2 Å². The van der Waals surface area contributed by atoms with Crippen LogP contribution >= 0.6 is 45.8 Å². The van der Waals surface area contributed by atoms with E-state index in [1.807, 2.05) is 22.6 Å². The van der Waals surface area contributed by atoms with Gasteiger partial charge in [0.25, 0.3) is 5.91 Å². The van der Waals surface area contributed by atoms with Crippen LogP contribution in [0.2, 0.25) is 10.0 Å². The Morgan fingerprint density at radius 3 is 2.51 bits per heavy atom. The smallest absolute Gasteiger partial charge is 0.290 e. The molecule has 0 radical (unpaired) electrons. The SMILES string of the molecule is CCC(=O)C(=O)N(Cc1ccc(Cl)cc1Cl)C1CC(C(=O)NCCO)=CC(Oc2c(I)cc(CO)cc2OC)C1O. The number of aliphatic hydroxyl groups is 3. The molecule has 0 saturated heterocycles. The predicted molar refractivity (Wildman–Crippen MR) is 161 cm³/mol. The molecule has 4 N–H and O–H groups in total. The Kier molecular flexibility index (Phi) is 12.2. The van der Waals surface area contributed by atoms with Crippen LogP contribution in [-0.2, 0) is 27.5 Å². The molecule has 3 rings (SSSR count). The van der Waals surface area contributed by atoms with Crippen molar-refractivity contribution in [1.29, 1.82) is 0 Å². The molecule has 10 nitrogen and oxygen atoms in total. The van der Waals surface area contributed by atoms with Crippen molar-refractivity contribution in [2.75, 3.05) is 20.3 Å². The lowest BCUT2D eigenvalue weighted by Crippen LogP contribution is -2.56. The molecule has 0 fully saturated rings. The van der Waals surface area contributed by atoms with Crippen molar-refractivity contribution in [2.45, 2.75) is 51.2 Å². The summed E-state index contributed by atoms with van der Waals surface area (Å²) in [7, 11) is 1.43. The number of carbonyl (C=O) groups is 3. The van der Waals surface area contributed by atoms with Gasteiger partial charge in [0.15, 0.2) is 11.5 Å². The number of rotatable bonds is 12. The number of methoxy groups -OCH3 is 1. The molecular weight excluding hydrogens is 690 g/mol. The second-order valence-electron chi connectivity index (χ2n) is 9.23. The average molecular weight is 721 g/mol. The minimum atomic E-state index is -1.39. The standard InChI is InChI=1S/C28H31Cl2IN2O8/c1-3-22(36)28(39)33(13-16-4-5-18(29)12-19(16)30)21-10-17(27(38)32-6-7-34)11-23(25(21)37)41-26-20(31)8-15(14-35)9-24(26)40-2/h4-5,8-9,11-12,21,23,25,34-35,37H,3,6-7,10,13-14H2,1-2H3,(H,32,38). The number of nitrogens with zero attached hydrogens (tertiary/aromatic N) is 1. The number of benzene rings is 2. The molecule has 3 atom stereocenters. The van der Waals surface area contributed by atoms with Crippen molar-refractivity contribution in [1.82, 2.24) is 10.2 Å². The highest BCUT2D eigenvalue weighted by Gasteiger charge is 2.42. The molecule has 3 unspecified atom stereocenters. The quantitative estimate of drug-likeness (QED) is 0.194. The fourth-order valence-corrected chi connectivity index (χ4v) is 5.64. The third-order valence-electron chi connectivity index (χ3n) is 6.52. The van der Waals surface area contributed by atoms with Crippen LogP contribution in [0.4, 0.5) is 0 Å². The third-order valence-corrected chi connectivity index (χ3v) is 7.90. The Morgan fingerprint density at radius 1 is 1.17 bits per heavy atom. The topological polar surface area (TPSA) is 146 Å². The molecule has 0 saturated carbocycles. The van der Waals surface area contributed by atoms with Crippen LogP contribution in [0.15, 0.2) is 42.0 Å². The van der Waals surface area contributed by atoms with Gasteiger partial charge in [0.05, 0.1) is 29.9 Å². The van der Waals surface area contributed by atoms with Crippen LogP contribution in [0, 0.1) is 3.57 Å². The number of halogens is 3. The van der Waals surface area contributed by atoms with Gasteiger partial charge in [0.1, 0.15) is 12.2 Å². The van der Waals surface area contributed by atoms with Crippen molar-refractivity contribution in [2.24, 2.45) is 0 Å². The molecule has 13 heteroatoms. The summed E-state index contributed by atoms with van der Waals surface area (Å²) in [5.74, 6) is -1.52. The largest absolute Gasteiger partial charge is 0.493 e. The van der Waals surface area contributed by atoms with Gasteiger partial charge in [-0.3, -0.25) is 14.4 Å². The van der Waals surface area contributed by atoms with Crippen LogP contribution in [-0.4, -0.2) is 76.3 Å². The van der Waals surface area contributed by atoms with E-state index in [0.29, 0.717) is 19.7 Å². The van der Waals surface area contributed by atoms with Gasteiger partial charge in [-0.25, -0.2) is 0 Å². The molecule has 41 heavy (non-hydrogen) atoms. The van der Waals surface area contributed by atoms with Gasteiger partial charge < -0.3 is 35.0 Å². The van der Waals surface area contributed by atoms with Gasteiger partial charge >= 0.3 is 0 Å². The third kappa shape index (κ3) is 8.11. The molecule has 2 aromatic rings. The Morgan fingerprint density at radius 2 is 1.90 bits per heavy atom. The molecule has 1 aliphatic rings. The normalized spacial score (nSPS) is 18.3. The number of hydrogen-bond acceptors (Lipinski definition) is 8. The summed E-state index contributed by atoms with van der Waals surface area (Å²) in [6.45, 7) is 0.871. The molecule has 1 aliphatic carbocycles. The van der Waals surface area contributed by atoms with E-state index in [4.69, 9.17) is 32.7 Å². The van der Waals surface area contributed by atoms with Crippen molar-refractivity contribution < 1.29 is 39.2 Å². The summed E-state index contributed by atoms with van der Waals surface area (Å²) in [6.07, 6.45) is -1.27. The Hall–Kier alpha value is -2.42. The minimum absolute atomic E-state index is 0.0133. The molecule has 2 aromatic carbocycles. The number of aliphatic hydroxyl groups excluding tert-OH is 3. The summed E-state index contributed by atoms with van der Waals surface area (Å²) in [6, 6.07) is 6.90. The first-order valence-electron chi connectivity index (χ1n) is 12.7. The number of carbonyl (C=O) groups excluding carboxylic acids is 3. The van der Waals surface area contributed by atoms with E-state index in [2.05, 4.69) is 5.32 Å². The van der Waals surface area contributed by atoms with Gasteiger partial charge in [-0.15, -0.1) is 0 Å². The number of nitrogens with one attached hydrogen (secondary N) is 1. The van der Waals surface area contributed by atoms with E-state index < -0.39 is 35.8 Å². The number of ether oxygens (including phenoxy) is 2. The second kappa shape index (κ2) is 15.2. The zero-order valence-corrected chi connectivity index (χ0v) is 26.1. The van der Waals surface area contributed by atoms with Gasteiger partial charge in [0.2, 0.25) is 11.7 Å². The van der Waals surface area contributed by atoms with Gasteiger partial charge in [0, 0.05) is 41.5 Å². The average Bonchev–Trinajstić information content (AvgIpc) is 2.96. The van der Waals surface area contributed by atoms with E-state index >= 15 is 0 Å². The number of Topliss-reactive ketones (excluding diaryl/α,β-unsaturated/α-hetero) is 1. The van der Waals surface area contributed by atoms with E-state index in [9.17, 15) is 29.7 Å². The zero-order chi connectivity index (χ0) is 30.3. The van der Waals surface area contributed by atoms with Crippen molar-refractivity contribution >= 4 is 63.4 Å². The van der Waals surface area contributed by atoms with Crippen molar-refractivity contribution in [3.8, 4) is 11.5 Å². The van der Waals surface area contributed by atoms with Crippen molar-refractivity contribution in [3.63, 3.8) is 0 Å². The summed E-state index contributed by atoms with van der Waals surface area (Å²) in [5, 5.41) is 33.6. The highest BCUT2D eigenvalue weighted by Crippen LogP contribution is 2.37. The van der Waals surface area contributed by atoms with E-state index in [-0.39, 0.29) is 61.2 Å². The van der Waals surface area contributed by atoms with Gasteiger partial charge in [-0.2, -0.15) is 0 Å². The molecule has 0 aliphatic heterocycles. The summed E-state index contributed by atoms with van der Waals surface area (Å²) < 4.78 is 12.2. The molecule has 0 bridgehead atoms. The number of hydrogen-bond donors (Lipinski definition) is 4. The molecule has 0 aromatic heterocycles. The summed E-state index contributed by atoms with van der Waals surface area (Å²) in [5.41, 5.74) is 1.24. The molecule has 222 valence electrons. The number of ketones is 1. The molecular formula is C28H31Cl2IN2O8. The fourth-order valence-electron chi connectivity index (χ4n) is 4.38. The Bertz CT molecular complexity index is 1320. The van der Waals surface area contributed by atoms with Crippen LogP contribution in [0.3, 0.4) is 0 Å². The van der Waals surface area contributed by atoms with Crippen LogP contribution in [0.1, 0.15) is 30.9 Å². The first kappa shape index (κ1) is 33.1. The molecule has 0 heterocycles. The molecule has 0 spiro atoms. The van der Waals surface area contributed by atoms with Crippen LogP contribution in [0.25, 0.3) is 0 Å². The monoisotopic (exact) mass is 720 g/mol. The summed E-state index contributed by atoms with van der Waals surface area (Å²) >= 11 is 14.4. The predicted octanol–water partition coefficient (Wildman–Crippen LogP) is 3.02. The Balaban J connectivity index is 2.09. The first-order chi connectivity index (χ1) is 19.5. The number of amides is 2. The minimum Gasteiger partial charge on any atom is -0.493 e. The van der Waals surface area contributed by atoms with Crippen LogP contribution in [0.5, 0.6) is 11.5 Å². The summed E-state index contributed by atoms with van der Waals surface area (Å²) in [4.78, 5) is 40.3. The first-order valence-corrected chi connectivity index (χ1v) is 14.6. The zero-order valence-electron chi connectivity index (χ0n) is 22.4. The lowest BCUT2D eigenvalue weighted by atomic mass is 9.87.